The zero-order valence-electron chi connectivity index (χ0n) is 25.0. The highest BCUT2D eigenvalue weighted by Gasteiger charge is 2.12. The van der Waals surface area contributed by atoms with Crippen LogP contribution in [-0.2, 0) is 33.2 Å². The van der Waals surface area contributed by atoms with Crippen LogP contribution in [-0.4, -0.2) is 119 Å². The predicted molar refractivity (Wildman–Crippen MR) is 181 cm³/mol. The molecule has 0 aliphatic carbocycles. The van der Waals surface area contributed by atoms with Crippen molar-refractivity contribution in [2.24, 2.45) is 0 Å². The fraction of sp³-hybridized carbons (Fsp3) is 0.600. The normalized spacial score (nSPS) is 18.9. The number of ether oxygens (including phenoxy) is 11. The van der Waals surface area contributed by atoms with Gasteiger partial charge in [-0.3, -0.25) is 0 Å². The summed E-state index contributed by atoms with van der Waals surface area (Å²) >= 11 is 14.1. The van der Waals surface area contributed by atoms with Gasteiger partial charge in [-0.25, -0.2) is 0 Å². The van der Waals surface area contributed by atoms with Gasteiger partial charge >= 0.3 is 0 Å². The van der Waals surface area contributed by atoms with Gasteiger partial charge in [-0.05, 0) is 88.0 Å². The van der Waals surface area contributed by atoms with Crippen molar-refractivity contribution in [3.8, 4) is 23.0 Å². The molecule has 0 atom stereocenters. The molecule has 11 nitrogen and oxygen atoms in total. The lowest BCUT2D eigenvalue weighted by Crippen LogP contribution is -2.15. The Labute approximate surface area is 298 Å². The molecular formula is C30H40Br4O11. The Balaban J connectivity index is 1.47. The molecule has 1 aliphatic rings. The van der Waals surface area contributed by atoms with Gasteiger partial charge in [0.2, 0.25) is 0 Å². The van der Waals surface area contributed by atoms with Gasteiger partial charge < -0.3 is 52.1 Å². The molecule has 2 aromatic rings. The Kier molecular flexibility index (Phi) is 21.0. The zero-order valence-corrected chi connectivity index (χ0v) is 31.4. The molecule has 254 valence electrons. The van der Waals surface area contributed by atoms with E-state index in [0.717, 1.165) is 17.9 Å². The van der Waals surface area contributed by atoms with E-state index in [2.05, 4.69) is 63.7 Å². The molecule has 0 bridgehead atoms. The summed E-state index contributed by atoms with van der Waals surface area (Å²) in [4.78, 5) is 0. The van der Waals surface area contributed by atoms with Gasteiger partial charge in [0, 0.05) is 17.9 Å². The summed E-state index contributed by atoms with van der Waals surface area (Å²) in [7, 11) is 0. The van der Waals surface area contributed by atoms with Crippen molar-refractivity contribution in [1.82, 2.24) is 0 Å². The van der Waals surface area contributed by atoms with Gasteiger partial charge in [-0.2, -0.15) is 0 Å². The Bertz CT molecular complexity index is 1010. The topological polar surface area (TPSA) is 102 Å². The monoisotopic (exact) mass is 892 g/mol. The van der Waals surface area contributed by atoms with Crippen molar-refractivity contribution in [3.05, 3.63) is 42.2 Å². The molecule has 1 heterocycles. The molecule has 3 rings (SSSR count). The molecule has 0 amide bonds. The van der Waals surface area contributed by atoms with E-state index in [1.807, 2.05) is 24.3 Å². The standard InChI is InChI=1S/C30H40Br4O11/c31-23-19-27-29(21-25(23)33)44-17-13-41-14-18-45-30-22-26(34)24(32)20-28(30)43-16-12-40-10-8-38-6-4-36-2-1-35-3-5-37-7-9-39-11-15-42-27/h19-22H,1-18H2. The third-order valence-corrected chi connectivity index (χ3v) is 9.46. The Morgan fingerprint density at radius 2 is 0.422 bits per heavy atom. The highest BCUT2D eigenvalue weighted by atomic mass is 79.9. The zero-order chi connectivity index (χ0) is 32.0. The first-order valence-corrected chi connectivity index (χ1v) is 17.7. The summed E-state index contributed by atoms with van der Waals surface area (Å²) in [6.07, 6.45) is 0. The summed E-state index contributed by atoms with van der Waals surface area (Å²) in [6.45, 7) is 7.73. The second-order valence-corrected chi connectivity index (χ2v) is 12.5. The van der Waals surface area contributed by atoms with Crippen LogP contribution in [0.1, 0.15) is 0 Å². The smallest absolute Gasteiger partial charge is 0.162 e. The second kappa shape index (κ2) is 24.4. The first-order chi connectivity index (χ1) is 22.0. The fourth-order valence-corrected chi connectivity index (χ4v) is 4.91. The molecule has 2 aromatic carbocycles. The van der Waals surface area contributed by atoms with Crippen LogP contribution >= 0.6 is 63.7 Å². The summed E-state index contributed by atoms with van der Waals surface area (Å²) in [5.74, 6) is 2.39. The van der Waals surface area contributed by atoms with Crippen LogP contribution in [0.15, 0.2) is 42.2 Å². The predicted octanol–water partition coefficient (Wildman–Crippen LogP) is 6.08. The molecular weight excluding hydrogens is 856 g/mol. The van der Waals surface area contributed by atoms with Crippen LogP contribution in [0.4, 0.5) is 0 Å². The molecule has 0 aromatic heterocycles. The summed E-state index contributed by atoms with van der Waals surface area (Å²) < 4.78 is 66.2. The summed E-state index contributed by atoms with van der Waals surface area (Å²) in [6, 6.07) is 7.41. The number of halogens is 4. The van der Waals surface area contributed by atoms with E-state index >= 15 is 0 Å². The number of rotatable bonds is 0. The fourth-order valence-electron chi connectivity index (χ4n) is 3.62. The van der Waals surface area contributed by atoms with Gasteiger partial charge in [-0.15, -0.1) is 0 Å². The van der Waals surface area contributed by atoms with E-state index in [1.165, 1.54) is 0 Å². The van der Waals surface area contributed by atoms with Crippen molar-refractivity contribution in [2.75, 3.05) is 119 Å². The van der Waals surface area contributed by atoms with Crippen LogP contribution < -0.4 is 18.9 Å². The SMILES string of the molecule is Brc1cc2c(cc1Br)OCCOCCOc1cc(Br)c(Br)cc1OCCOCCOCCOCCOCCOCCOCCO2. The molecule has 1 aliphatic heterocycles. The minimum absolute atomic E-state index is 0.332. The van der Waals surface area contributed by atoms with E-state index in [-0.39, 0.29) is 0 Å². The first-order valence-electron chi connectivity index (χ1n) is 14.6. The number of hydrogen-bond donors (Lipinski definition) is 0. The average Bonchev–Trinajstić information content (AvgIpc) is 3.02. The third kappa shape index (κ3) is 16.8. The first kappa shape index (κ1) is 38.7. The molecule has 15 heteroatoms. The minimum Gasteiger partial charge on any atom is -0.487 e. The Hall–Kier alpha value is -0.720. The lowest BCUT2D eigenvalue weighted by atomic mass is 10.3. The quantitative estimate of drug-likeness (QED) is 0.308. The minimum atomic E-state index is 0.332. The molecule has 0 spiro atoms. The maximum absolute atomic E-state index is 5.95. The average molecular weight is 896 g/mol. The van der Waals surface area contributed by atoms with E-state index in [0.29, 0.717) is 142 Å². The van der Waals surface area contributed by atoms with Crippen LogP contribution in [0.5, 0.6) is 23.0 Å². The van der Waals surface area contributed by atoms with Gasteiger partial charge in [0.05, 0.1) is 92.5 Å². The largest absolute Gasteiger partial charge is 0.487 e. The van der Waals surface area contributed by atoms with E-state index in [1.54, 1.807) is 0 Å². The van der Waals surface area contributed by atoms with Crippen LogP contribution in [0.25, 0.3) is 0 Å². The van der Waals surface area contributed by atoms with Gasteiger partial charge in [0.15, 0.2) is 23.0 Å². The lowest BCUT2D eigenvalue weighted by Gasteiger charge is -2.15. The Morgan fingerprint density at radius 3 is 0.600 bits per heavy atom. The van der Waals surface area contributed by atoms with Crippen LogP contribution in [0.2, 0.25) is 0 Å². The van der Waals surface area contributed by atoms with E-state index in [4.69, 9.17) is 52.1 Å². The van der Waals surface area contributed by atoms with Crippen molar-refractivity contribution >= 4 is 63.7 Å². The highest BCUT2D eigenvalue weighted by molar-refractivity contribution is 9.13. The van der Waals surface area contributed by atoms with Crippen molar-refractivity contribution in [2.45, 2.75) is 0 Å². The second-order valence-electron chi connectivity index (χ2n) is 9.11. The van der Waals surface area contributed by atoms with Gasteiger partial charge in [0.25, 0.3) is 0 Å². The summed E-state index contributed by atoms with van der Waals surface area (Å²) in [5, 5.41) is 0. The lowest BCUT2D eigenvalue weighted by molar-refractivity contribution is -0.0188. The molecule has 0 radical (unpaired) electrons. The van der Waals surface area contributed by atoms with Crippen molar-refractivity contribution in [3.63, 3.8) is 0 Å². The van der Waals surface area contributed by atoms with Crippen LogP contribution in [0, 0.1) is 0 Å². The maximum Gasteiger partial charge on any atom is 0.162 e. The van der Waals surface area contributed by atoms with E-state index in [9.17, 15) is 0 Å². The van der Waals surface area contributed by atoms with Crippen molar-refractivity contribution in [1.29, 1.82) is 0 Å². The molecule has 0 saturated heterocycles. The number of fused-ring (bicyclic) bond motifs is 2. The molecule has 45 heavy (non-hydrogen) atoms. The maximum atomic E-state index is 5.95. The highest BCUT2D eigenvalue weighted by Crippen LogP contribution is 2.37. The van der Waals surface area contributed by atoms with E-state index < -0.39 is 0 Å². The van der Waals surface area contributed by atoms with Gasteiger partial charge in [0.1, 0.15) is 26.4 Å². The van der Waals surface area contributed by atoms with Gasteiger partial charge in [-0.1, -0.05) is 0 Å². The number of benzene rings is 2. The molecule has 0 N–H and O–H groups in total. The molecule has 0 unspecified atom stereocenters. The molecule has 0 fully saturated rings. The third-order valence-electron chi connectivity index (χ3n) is 5.77. The molecule has 0 saturated carbocycles. The van der Waals surface area contributed by atoms with Crippen molar-refractivity contribution < 1.29 is 52.1 Å². The number of hydrogen-bond acceptors (Lipinski definition) is 11. The Morgan fingerprint density at radius 1 is 0.267 bits per heavy atom. The van der Waals surface area contributed by atoms with Crippen LogP contribution in [0.3, 0.4) is 0 Å². The summed E-state index contributed by atoms with van der Waals surface area (Å²) in [5.41, 5.74) is 0.